The van der Waals surface area contributed by atoms with E-state index < -0.39 is 5.97 Å². The van der Waals surface area contributed by atoms with E-state index in [1.807, 2.05) is 26.0 Å². The van der Waals surface area contributed by atoms with Crippen molar-refractivity contribution in [1.82, 2.24) is 10.1 Å². The first-order chi connectivity index (χ1) is 10.1. The van der Waals surface area contributed by atoms with Crippen LogP contribution in [0.3, 0.4) is 0 Å². The highest BCUT2D eigenvalue weighted by Crippen LogP contribution is 2.22. The first kappa shape index (κ1) is 14.8. The van der Waals surface area contributed by atoms with Crippen LogP contribution < -0.4 is 4.74 Å². The van der Waals surface area contributed by atoms with Gasteiger partial charge in [0.1, 0.15) is 5.75 Å². The second kappa shape index (κ2) is 6.69. The van der Waals surface area contributed by atoms with Gasteiger partial charge < -0.3 is 14.4 Å². The number of aromatic nitrogens is 2. The summed E-state index contributed by atoms with van der Waals surface area (Å²) in [5.41, 5.74) is 1.70. The van der Waals surface area contributed by atoms with Crippen LogP contribution in [0.25, 0.3) is 6.08 Å². The smallest absolute Gasteiger partial charge is 0.328 e. The van der Waals surface area contributed by atoms with Crippen molar-refractivity contribution in [1.29, 1.82) is 0 Å². The van der Waals surface area contributed by atoms with Gasteiger partial charge in [0.2, 0.25) is 0 Å². The number of aryl methyl sites for hydroxylation is 2. The van der Waals surface area contributed by atoms with Crippen LogP contribution in [0.4, 0.5) is 0 Å². The third-order valence-electron chi connectivity index (χ3n) is 2.75. The van der Waals surface area contributed by atoms with Gasteiger partial charge in [-0.1, -0.05) is 23.7 Å². The van der Waals surface area contributed by atoms with E-state index in [2.05, 4.69) is 10.1 Å². The number of aliphatic carboxylic acids is 1. The summed E-state index contributed by atoms with van der Waals surface area (Å²) in [6.45, 7) is 4.00. The van der Waals surface area contributed by atoms with Gasteiger partial charge in [-0.3, -0.25) is 0 Å². The first-order valence-electron chi connectivity index (χ1n) is 6.54. The minimum Gasteiger partial charge on any atom is -0.483 e. The second-order valence-corrected chi connectivity index (χ2v) is 4.46. The summed E-state index contributed by atoms with van der Waals surface area (Å²) in [5, 5.41) is 12.5. The SMILES string of the molecule is CCc1noc(COc2ccc(C)cc2C=CC(=O)O)n1. The predicted molar refractivity (Wildman–Crippen MR) is 75.9 cm³/mol. The number of carboxylic acid groups (broad SMARTS) is 1. The summed E-state index contributed by atoms with van der Waals surface area (Å²) in [6, 6.07) is 5.52. The lowest BCUT2D eigenvalue weighted by Gasteiger charge is -2.08. The Labute approximate surface area is 122 Å². The molecule has 0 spiro atoms. The first-order valence-corrected chi connectivity index (χ1v) is 6.54. The molecule has 0 bridgehead atoms. The van der Waals surface area contributed by atoms with Gasteiger partial charge in [-0.2, -0.15) is 4.98 Å². The molecule has 0 atom stereocenters. The van der Waals surface area contributed by atoms with Gasteiger partial charge in [0.15, 0.2) is 12.4 Å². The molecule has 6 nitrogen and oxygen atoms in total. The third kappa shape index (κ3) is 4.17. The summed E-state index contributed by atoms with van der Waals surface area (Å²) in [7, 11) is 0. The number of nitrogens with zero attached hydrogens (tertiary/aromatic N) is 2. The summed E-state index contributed by atoms with van der Waals surface area (Å²) in [4.78, 5) is 14.8. The number of carboxylic acids is 1. The molecule has 6 heteroatoms. The van der Waals surface area contributed by atoms with Crippen LogP contribution in [0, 0.1) is 6.92 Å². The zero-order valence-electron chi connectivity index (χ0n) is 11.9. The Kier molecular flexibility index (Phi) is 4.71. The van der Waals surface area contributed by atoms with E-state index in [0.29, 0.717) is 29.4 Å². The maximum Gasteiger partial charge on any atom is 0.328 e. The van der Waals surface area contributed by atoms with Crippen LogP contribution in [-0.2, 0) is 17.8 Å². The molecular weight excluding hydrogens is 272 g/mol. The fourth-order valence-electron chi connectivity index (χ4n) is 1.72. The normalized spacial score (nSPS) is 11.0. The third-order valence-corrected chi connectivity index (χ3v) is 2.75. The van der Waals surface area contributed by atoms with E-state index in [-0.39, 0.29) is 6.61 Å². The van der Waals surface area contributed by atoms with Crippen molar-refractivity contribution >= 4 is 12.0 Å². The molecule has 2 aromatic rings. The van der Waals surface area contributed by atoms with Crippen molar-refractivity contribution in [2.45, 2.75) is 26.9 Å². The molecule has 0 fully saturated rings. The van der Waals surface area contributed by atoms with Gasteiger partial charge in [-0.15, -0.1) is 0 Å². The average molecular weight is 288 g/mol. The van der Waals surface area contributed by atoms with Crippen molar-refractivity contribution in [3.05, 3.63) is 47.1 Å². The minimum absolute atomic E-state index is 0.143. The molecule has 1 N–H and O–H groups in total. The molecule has 0 saturated heterocycles. The lowest BCUT2D eigenvalue weighted by Crippen LogP contribution is -1.98. The average Bonchev–Trinajstić information content (AvgIpc) is 2.92. The van der Waals surface area contributed by atoms with E-state index in [0.717, 1.165) is 11.6 Å². The van der Waals surface area contributed by atoms with Gasteiger partial charge >= 0.3 is 5.97 Å². The molecule has 1 heterocycles. The quantitative estimate of drug-likeness (QED) is 0.822. The Hall–Kier alpha value is -2.63. The maximum absolute atomic E-state index is 10.6. The summed E-state index contributed by atoms with van der Waals surface area (Å²) < 4.78 is 10.7. The van der Waals surface area contributed by atoms with E-state index in [1.54, 1.807) is 6.07 Å². The molecule has 21 heavy (non-hydrogen) atoms. The van der Waals surface area contributed by atoms with Crippen LogP contribution in [0.1, 0.15) is 29.8 Å². The van der Waals surface area contributed by atoms with E-state index >= 15 is 0 Å². The maximum atomic E-state index is 10.6. The van der Waals surface area contributed by atoms with Crippen molar-refractivity contribution in [3.8, 4) is 5.75 Å². The fraction of sp³-hybridized carbons (Fsp3) is 0.267. The number of hydrogen-bond donors (Lipinski definition) is 1. The Balaban J connectivity index is 2.13. The molecule has 0 radical (unpaired) electrons. The van der Waals surface area contributed by atoms with Gasteiger partial charge in [0.05, 0.1) is 0 Å². The van der Waals surface area contributed by atoms with Gasteiger partial charge in [0.25, 0.3) is 5.89 Å². The van der Waals surface area contributed by atoms with Crippen molar-refractivity contribution in [2.75, 3.05) is 0 Å². The van der Waals surface area contributed by atoms with Crippen molar-refractivity contribution in [3.63, 3.8) is 0 Å². The zero-order valence-corrected chi connectivity index (χ0v) is 11.9. The van der Waals surface area contributed by atoms with Crippen molar-refractivity contribution < 1.29 is 19.2 Å². The highest BCUT2D eigenvalue weighted by molar-refractivity contribution is 5.85. The van der Waals surface area contributed by atoms with E-state index in [1.165, 1.54) is 6.08 Å². The van der Waals surface area contributed by atoms with Gasteiger partial charge in [0, 0.05) is 18.1 Å². The predicted octanol–water partition coefficient (Wildman–Crippen LogP) is 2.62. The second-order valence-electron chi connectivity index (χ2n) is 4.46. The van der Waals surface area contributed by atoms with E-state index in [9.17, 15) is 4.79 Å². The Morgan fingerprint density at radius 3 is 2.95 bits per heavy atom. The number of carbonyl (C=O) groups is 1. The van der Waals surface area contributed by atoms with Crippen LogP contribution in [0.2, 0.25) is 0 Å². The molecule has 1 aromatic heterocycles. The largest absolute Gasteiger partial charge is 0.483 e. The monoisotopic (exact) mass is 288 g/mol. The van der Waals surface area contributed by atoms with Crippen LogP contribution in [-0.4, -0.2) is 21.2 Å². The standard InChI is InChI=1S/C15H16N2O4/c1-3-13-16-14(21-17-13)9-20-12-6-4-10(2)8-11(12)5-7-15(18)19/h4-8H,3,9H2,1-2H3,(H,18,19). The van der Waals surface area contributed by atoms with Gasteiger partial charge in [-0.05, 0) is 25.1 Å². The summed E-state index contributed by atoms with van der Waals surface area (Å²) in [5.74, 6) is 0.574. The van der Waals surface area contributed by atoms with E-state index in [4.69, 9.17) is 14.4 Å². The molecule has 0 saturated carbocycles. The Morgan fingerprint density at radius 1 is 1.48 bits per heavy atom. The highest BCUT2D eigenvalue weighted by atomic mass is 16.5. The molecule has 0 unspecified atom stereocenters. The number of ether oxygens (including phenoxy) is 1. The molecule has 2 rings (SSSR count). The van der Waals surface area contributed by atoms with Crippen LogP contribution in [0.15, 0.2) is 28.8 Å². The van der Waals surface area contributed by atoms with Crippen LogP contribution >= 0.6 is 0 Å². The molecule has 0 aliphatic heterocycles. The van der Waals surface area contributed by atoms with Crippen LogP contribution in [0.5, 0.6) is 5.75 Å². The molecule has 0 aliphatic rings. The number of benzene rings is 1. The summed E-state index contributed by atoms with van der Waals surface area (Å²) in [6.07, 6.45) is 3.26. The molecule has 110 valence electrons. The Bertz CT molecular complexity index is 661. The molecule has 0 amide bonds. The fourth-order valence-corrected chi connectivity index (χ4v) is 1.72. The Morgan fingerprint density at radius 2 is 2.29 bits per heavy atom. The molecular formula is C15H16N2O4. The molecule has 0 aliphatic carbocycles. The summed E-state index contributed by atoms with van der Waals surface area (Å²) >= 11 is 0. The minimum atomic E-state index is -1.01. The number of rotatable bonds is 6. The zero-order chi connectivity index (χ0) is 15.2. The molecule has 1 aromatic carbocycles. The van der Waals surface area contributed by atoms with Gasteiger partial charge in [-0.25, -0.2) is 4.79 Å². The number of hydrogen-bond acceptors (Lipinski definition) is 5. The topological polar surface area (TPSA) is 85.5 Å². The lowest BCUT2D eigenvalue weighted by atomic mass is 10.1. The highest BCUT2D eigenvalue weighted by Gasteiger charge is 2.07. The lowest BCUT2D eigenvalue weighted by molar-refractivity contribution is -0.131. The van der Waals surface area contributed by atoms with Crippen molar-refractivity contribution in [2.24, 2.45) is 0 Å².